The molecule has 4 aliphatic rings. The van der Waals surface area contributed by atoms with Gasteiger partial charge in [-0.15, -0.1) is 0 Å². The molecule has 2 saturated heterocycles. The van der Waals surface area contributed by atoms with E-state index in [1.165, 1.54) is 6.26 Å². The zero-order valence-corrected chi connectivity index (χ0v) is 20.6. The van der Waals surface area contributed by atoms with E-state index in [2.05, 4.69) is 22.5 Å². The number of carbonyl (C=O) groups is 1. The molecule has 9 heteroatoms. The average molecular weight is 473 g/mol. The van der Waals surface area contributed by atoms with Gasteiger partial charge in [-0.2, -0.15) is 4.31 Å². The number of likely N-dealkylation sites (tertiary alicyclic amines) is 1. The van der Waals surface area contributed by atoms with Crippen LogP contribution in [0.3, 0.4) is 0 Å². The number of halogens is 1. The number of sulfonamides is 1. The molecule has 0 radical (unpaired) electrons. The van der Waals surface area contributed by atoms with E-state index in [4.69, 9.17) is 0 Å². The highest BCUT2D eigenvalue weighted by Crippen LogP contribution is 2.38. The molecule has 2 N–H and O–H groups in total. The van der Waals surface area contributed by atoms with Crippen molar-refractivity contribution in [2.75, 3.05) is 25.9 Å². The molecule has 5 unspecified atom stereocenters. The summed E-state index contributed by atoms with van der Waals surface area (Å²) < 4.78 is 40.2. The SMILES string of the molecule is CCN([C@H]1CCN([C@@H]2CCC[C@@H](NC(=O)C3CC4C(F)CCC(C)C4N3)C2)C1)S(C)(=O)=O. The molecule has 2 saturated carbocycles. The van der Waals surface area contributed by atoms with Crippen molar-refractivity contribution in [3.63, 3.8) is 0 Å². The first kappa shape index (κ1) is 24.4. The molecular formula is C23H41FN4O3S. The van der Waals surface area contributed by atoms with Crippen LogP contribution in [-0.4, -0.2) is 85.8 Å². The van der Waals surface area contributed by atoms with Gasteiger partial charge in [0.15, 0.2) is 0 Å². The van der Waals surface area contributed by atoms with Crippen molar-refractivity contribution in [2.45, 2.75) is 102 Å². The van der Waals surface area contributed by atoms with Crippen molar-refractivity contribution >= 4 is 15.9 Å². The van der Waals surface area contributed by atoms with Gasteiger partial charge in [0.05, 0.1) is 12.3 Å². The fourth-order valence-electron chi connectivity index (χ4n) is 6.83. The lowest BCUT2D eigenvalue weighted by Gasteiger charge is -2.36. The highest BCUT2D eigenvalue weighted by molar-refractivity contribution is 7.88. The molecule has 2 heterocycles. The first-order chi connectivity index (χ1) is 15.2. The summed E-state index contributed by atoms with van der Waals surface area (Å²) in [7, 11) is -3.19. The zero-order chi connectivity index (χ0) is 23.0. The minimum absolute atomic E-state index is 0.0259. The number of fused-ring (bicyclic) bond motifs is 1. The van der Waals surface area contributed by atoms with E-state index >= 15 is 0 Å². The lowest BCUT2D eigenvalue weighted by Crippen LogP contribution is -2.51. The quantitative estimate of drug-likeness (QED) is 0.617. The second-order valence-electron chi connectivity index (χ2n) is 10.6. The predicted molar refractivity (Wildman–Crippen MR) is 124 cm³/mol. The van der Waals surface area contributed by atoms with Crippen molar-refractivity contribution in [1.82, 2.24) is 19.8 Å². The Kier molecular flexibility index (Phi) is 7.49. The maximum Gasteiger partial charge on any atom is 0.237 e. The van der Waals surface area contributed by atoms with Crippen LogP contribution < -0.4 is 10.6 Å². The molecule has 7 nitrogen and oxygen atoms in total. The molecule has 0 aromatic heterocycles. The van der Waals surface area contributed by atoms with Crippen molar-refractivity contribution in [3.05, 3.63) is 0 Å². The summed E-state index contributed by atoms with van der Waals surface area (Å²) in [6.45, 7) is 6.25. The summed E-state index contributed by atoms with van der Waals surface area (Å²) in [4.78, 5) is 15.4. The molecule has 184 valence electrons. The average Bonchev–Trinajstić information content (AvgIpc) is 3.39. The molecule has 0 spiro atoms. The standard InChI is InChI=1S/C23H41FN4O3S/c1-4-28(32(3,30)31)18-10-11-27(14-18)17-7-5-6-16(12-17)25-23(29)21-13-19-20(24)9-8-15(2)22(19)26-21/h15-22,26H,4-14H2,1-3H3,(H,25,29)/t15?,16-,17-,18+,19?,20?,21?,22?/m1/s1. The van der Waals surface area contributed by atoms with Crippen molar-refractivity contribution < 1.29 is 17.6 Å². The van der Waals surface area contributed by atoms with Crippen LogP contribution in [0.4, 0.5) is 4.39 Å². The molecule has 2 aliphatic heterocycles. The summed E-state index contributed by atoms with van der Waals surface area (Å²) >= 11 is 0. The smallest absolute Gasteiger partial charge is 0.237 e. The molecular weight excluding hydrogens is 431 g/mol. The molecule has 0 bridgehead atoms. The molecule has 0 aromatic rings. The van der Waals surface area contributed by atoms with Gasteiger partial charge in [-0.25, -0.2) is 12.8 Å². The topological polar surface area (TPSA) is 81.8 Å². The Morgan fingerprint density at radius 3 is 2.66 bits per heavy atom. The predicted octanol–water partition coefficient (Wildman–Crippen LogP) is 1.88. The molecule has 4 rings (SSSR count). The molecule has 1 amide bonds. The van der Waals surface area contributed by atoms with Gasteiger partial charge in [0, 0.05) is 49.7 Å². The highest BCUT2D eigenvalue weighted by atomic mass is 32.2. The molecule has 2 aliphatic carbocycles. The van der Waals surface area contributed by atoms with Crippen LogP contribution in [0.1, 0.15) is 65.2 Å². The van der Waals surface area contributed by atoms with E-state index in [0.717, 1.165) is 51.6 Å². The number of alkyl halides is 1. The fraction of sp³-hybridized carbons (Fsp3) is 0.957. The highest BCUT2D eigenvalue weighted by Gasteiger charge is 2.46. The Bertz CT molecular complexity index is 763. The number of rotatable bonds is 6. The Balaban J connectivity index is 1.30. The maximum atomic E-state index is 14.4. The Labute approximate surface area is 192 Å². The van der Waals surface area contributed by atoms with Gasteiger partial charge in [-0.05, 0) is 57.3 Å². The van der Waals surface area contributed by atoms with E-state index < -0.39 is 16.2 Å². The minimum Gasteiger partial charge on any atom is -0.352 e. The van der Waals surface area contributed by atoms with Crippen LogP contribution in [-0.2, 0) is 14.8 Å². The number of nitrogens with zero attached hydrogens (tertiary/aromatic N) is 2. The van der Waals surface area contributed by atoms with Gasteiger partial charge >= 0.3 is 0 Å². The third-order valence-corrected chi connectivity index (χ3v) is 9.91. The summed E-state index contributed by atoms with van der Waals surface area (Å²) in [6, 6.07) is 0.401. The van der Waals surface area contributed by atoms with Gasteiger partial charge in [-0.3, -0.25) is 9.69 Å². The Morgan fingerprint density at radius 2 is 1.97 bits per heavy atom. The van der Waals surface area contributed by atoms with Gasteiger partial charge in [0.2, 0.25) is 15.9 Å². The first-order valence-electron chi connectivity index (χ1n) is 12.6. The lowest BCUT2D eigenvalue weighted by molar-refractivity contribution is -0.124. The van der Waals surface area contributed by atoms with Gasteiger partial charge in [0.25, 0.3) is 0 Å². The molecule has 32 heavy (non-hydrogen) atoms. The van der Waals surface area contributed by atoms with Crippen LogP contribution in [0.5, 0.6) is 0 Å². The van der Waals surface area contributed by atoms with Crippen LogP contribution in [0.15, 0.2) is 0 Å². The minimum atomic E-state index is -3.19. The summed E-state index contributed by atoms with van der Waals surface area (Å²) in [5.74, 6) is 0.408. The molecule has 0 aromatic carbocycles. The van der Waals surface area contributed by atoms with Crippen LogP contribution >= 0.6 is 0 Å². The number of hydrogen-bond donors (Lipinski definition) is 2. The lowest BCUT2D eigenvalue weighted by atomic mass is 9.77. The molecule has 4 fully saturated rings. The van der Waals surface area contributed by atoms with Crippen LogP contribution in [0.25, 0.3) is 0 Å². The third kappa shape index (κ3) is 5.15. The zero-order valence-electron chi connectivity index (χ0n) is 19.8. The van der Waals surface area contributed by atoms with Crippen LogP contribution in [0.2, 0.25) is 0 Å². The van der Waals surface area contributed by atoms with Gasteiger partial charge < -0.3 is 10.6 Å². The van der Waals surface area contributed by atoms with Gasteiger partial charge in [-0.1, -0.05) is 13.8 Å². The van der Waals surface area contributed by atoms with E-state index in [0.29, 0.717) is 31.3 Å². The Morgan fingerprint density at radius 1 is 1.19 bits per heavy atom. The number of likely N-dealkylation sites (N-methyl/N-ethyl adjacent to an activating group) is 1. The third-order valence-electron chi connectivity index (χ3n) is 8.50. The normalized spacial score (nSPS) is 41.0. The van der Waals surface area contributed by atoms with Crippen LogP contribution in [0, 0.1) is 11.8 Å². The molecule has 8 atom stereocenters. The first-order valence-corrected chi connectivity index (χ1v) is 14.4. The van der Waals surface area contributed by atoms with E-state index in [-0.39, 0.29) is 36.0 Å². The van der Waals surface area contributed by atoms with Crippen molar-refractivity contribution in [1.29, 1.82) is 0 Å². The number of nitrogens with one attached hydrogen (secondary N) is 2. The van der Waals surface area contributed by atoms with E-state index in [1.807, 2.05) is 6.92 Å². The second kappa shape index (κ2) is 9.84. The van der Waals surface area contributed by atoms with Crippen molar-refractivity contribution in [2.24, 2.45) is 11.8 Å². The summed E-state index contributed by atoms with van der Waals surface area (Å²) in [6.07, 6.45) is 7.52. The Hall–Kier alpha value is -0.770. The summed E-state index contributed by atoms with van der Waals surface area (Å²) in [5.41, 5.74) is 0. The van der Waals surface area contributed by atoms with E-state index in [1.54, 1.807) is 4.31 Å². The number of amides is 1. The monoisotopic (exact) mass is 472 g/mol. The van der Waals surface area contributed by atoms with E-state index in [9.17, 15) is 17.6 Å². The maximum absolute atomic E-state index is 14.4. The second-order valence-corrected chi connectivity index (χ2v) is 12.6. The van der Waals surface area contributed by atoms with Crippen molar-refractivity contribution in [3.8, 4) is 0 Å². The number of hydrogen-bond acceptors (Lipinski definition) is 5. The number of carbonyl (C=O) groups excluding carboxylic acids is 1. The largest absolute Gasteiger partial charge is 0.352 e. The summed E-state index contributed by atoms with van der Waals surface area (Å²) in [5, 5.41) is 6.71. The van der Waals surface area contributed by atoms with Gasteiger partial charge in [0.1, 0.15) is 6.17 Å². The fourth-order valence-corrected chi connectivity index (χ4v) is 8.01.